The molecule has 0 aliphatic heterocycles. The number of ether oxygens (including phenoxy) is 2. The van der Waals surface area contributed by atoms with Crippen LogP contribution >= 0.6 is 7.82 Å². The summed E-state index contributed by atoms with van der Waals surface area (Å²) in [6, 6.07) is 0. The minimum absolute atomic E-state index is 0.0414. The van der Waals surface area contributed by atoms with E-state index in [1.807, 2.05) is 21.1 Å². The molecule has 0 fully saturated rings. The summed E-state index contributed by atoms with van der Waals surface area (Å²) in [4.78, 5) is 37.6. The highest BCUT2D eigenvalue weighted by atomic mass is 31.2. The first-order chi connectivity index (χ1) is 28.0. The van der Waals surface area contributed by atoms with Crippen LogP contribution in [0.5, 0.6) is 0 Å². The second kappa shape index (κ2) is 40.1. The molecule has 0 N–H and O–H groups in total. The van der Waals surface area contributed by atoms with Crippen LogP contribution in [0.25, 0.3) is 0 Å². The largest absolute Gasteiger partial charge is 0.756 e. The number of phosphoric ester groups is 1. The number of likely N-dealkylation sites (N-methyl/N-ethyl adjacent to an activating group) is 1. The van der Waals surface area contributed by atoms with E-state index in [1.54, 1.807) is 0 Å². The van der Waals surface area contributed by atoms with Gasteiger partial charge in [-0.1, -0.05) is 152 Å². The minimum atomic E-state index is -4.64. The molecule has 0 rings (SSSR count). The molecule has 0 aromatic heterocycles. The van der Waals surface area contributed by atoms with Crippen LogP contribution in [-0.4, -0.2) is 70.0 Å². The van der Waals surface area contributed by atoms with Crippen LogP contribution in [0.4, 0.5) is 0 Å². The van der Waals surface area contributed by atoms with Crippen molar-refractivity contribution in [3.63, 3.8) is 0 Å². The Balaban J connectivity index is 4.37. The fourth-order valence-corrected chi connectivity index (χ4v) is 6.66. The summed E-state index contributed by atoms with van der Waals surface area (Å²) in [5, 5.41) is 0. The Morgan fingerprint density at radius 1 is 0.552 bits per heavy atom. The van der Waals surface area contributed by atoms with Gasteiger partial charge in [0, 0.05) is 12.8 Å². The van der Waals surface area contributed by atoms with E-state index in [-0.39, 0.29) is 26.1 Å². The maximum absolute atomic E-state index is 12.7. The minimum Gasteiger partial charge on any atom is -0.756 e. The third-order valence-corrected chi connectivity index (χ3v) is 10.5. The summed E-state index contributed by atoms with van der Waals surface area (Å²) < 4.78 is 33.9. The van der Waals surface area contributed by atoms with Gasteiger partial charge in [0.1, 0.15) is 19.8 Å². The van der Waals surface area contributed by atoms with Gasteiger partial charge in [-0.3, -0.25) is 14.2 Å². The van der Waals surface area contributed by atoms with Crippen LogP contribution in [0.1, 0.15) is 181 Å². The Morgan fingerprint density at radius 2 is 0.983 bits per heavy atom. The molecule has 58 heavy (non-hydrogen) atoms. The van der Waals surface area contributed by atoms with Crippen molar-refractivity contribution < 1.29 is 42.1 Å². The fraction of sp³-hybridized carbons (Fsp3) is 0.750. The van der Waals surface area contributed by atoms with Gasteiger partial charge in [-0.25, -0.2) is 0 Å². The molecule has 0 radical (unpaired) electrons. The molecule has 0 aliphatic carbocycles. The number of carbonyl (C=O) groups is 2. The predicted octanol–water partition coefficient (Wildman–Crippen LogP) is 12.6. The number of rotatable bonds is 41. The highest BCUT2D eigenvalue weighted by Gasteiger charge is 2.21. The van der Waals surface area contributed by atoms with Gasteiger partial charge in [0.25, 0.3) is 7.82 Å². The van der Waals surface area contributed by atoms with Gasteiger partial charge >= 0.3 is 11.9 Å². The van der Waals surface area contributed by atoms with Crippen molar-refractivity contribution in [2.24, 2.45) is 0 Å². The first-order valence-corrected chi connectivity index (χ1v) is 24.5. The Labute approximate surface area is 356 Å². The molecule has 2 unspecified atom stereocenters. The molecule has 0 bridgehead atoms. The highest BCUT2D eigenvalue weighted by molar-refractivity contribution is 7.45. The second-order valence-corrected chi connectivity index (χ2v) is 17.8. The van der Waals surface area contributed by atoms with E-state index in [4.69, 9.17) is 18.5 Å². The van der Waals surface area contributed by atoms with Gasteiger partial charge in [0.2, 0.25) is 0 Å². The van der Waals surface area contributed by atoms with Crippen LogP contribution in [0, 0.1) is 0 Å². The third kappa shape index (κ3) is 43.3. The molecule has 0 saturated carbocycles. The molecule has 2 atom stereocenters. The standard InChI is InChI=1S/C48H86NO8P/c1-6-8-10-12-14-16-18-20-22-23-24-25-27-28-30-32-34-36-38-40-47(50)54-44-46(45-56-58(52,53)55-43-42-49(3,4)5)57-48(51)41-39-37-35-33-31-29-26-21-19-17-15-13-11-9-7-2/h9,11,15,17,20-22,26,31,33,46H,6-8,10,12-14,16,18-19,23-25,27-30,32,34-45H2,1-5H3/b11-9-,17-15-,22-20-,26-21-,33-31-. The summed E-state index contributed by atoms with van der Waals surface area (Å²) in [6.07, 6.45) is 48.2. The quantitative estimate of drug-likeness (QED) is 0.0197. The molecule has 0 aromatic rings. The van der Waals surface area contributed by atoms with Crippen molar-refractivity contribution in [2.75, 3.05) is 47.5 Å². The normalized spacial score (nSPS) is 14.1. The van der Waals surface area contributed by atoms with Gasteiger partial charge in [-0.15, -0.1) is 0 Å². The number of carbonyl (C=O) groups excluding carboxylic acids is 2. The molecule has 0 saturated heterocycles. The van der Waals surface area contributed by atoms with Crippen molar-refractivity contribution in [3.05, 3.63) is 60.8 Å². The van der Waals surface area contributed by atoms with E-state index in [9.17, 15) is 19.0 Å². The van der Waals surface area contributed by atoms with Crippen LogP contribution in [-0.2, 0) is 32.7 Å². The zero-order valence-corrected chi connectivity index (χ0v) is 38.6. The maximum Gasteiger partial charge on any atom is 0.306 e. The smallest absolute Gasteiger partial charge is 0.306 e. The predicted molar refractivity (Wildman–Crippen MR) is 240 cm³/mol. The molecule has 0 amide bonds. The molecule has 0 heterocycles. The molecule has 336 valence electrons. The van der Waals surface area contributed by atoms with Crippen molar-refractivity contribution >= 4 is 19.8 Å². The second-order valence-electron chi connectivity index (χ2n) is 16.4. The lowest BCUT2D eigenvalue weighted by Crippen LogP contribution is -2.37. The van der Waals surface area contributed by atoms with Gasteiger partial charge in [-0.2, -0.15) is 0 Å². The molecule has 9 nitrogen and oxygen atoms in total. The third-order valence-electron chi connectivity index (χ3n) is 9.52. The molecule has 0 spiro atoms. The van der Waals surface area contributed by atoms with Crippen LogP contribution in [0.2, 0.25) is 0 Å². The number of allylic oxidation sites excluding steroid dienone is 10. The highest BCUT2D eigenvalue weighted by Crippen LogP contribution is 2.38. The van der Waals surface area contributed by atoms with Crippen molar-refractivity contribution in [1.29, 1.82) is 0 Å². The summed E-state index contributed by atoms with van der Waals surface area (Å²) in [6.45, 7) is 4.05. The number of phosphoric acid groups is 1. The van der Waals surface area contributed by atoms with E-state index in [0.29, 0.717) is 17.4 Å². The van der Waals surface area contributed by atoms with Crippen LogP contribution in [0.3, 0.4) is 0 Å². The SMILES string of the molecule is CC/C=C\C/C=C\C/C=C\C/C=C\CCCCC(=O)OC(COC(=O)CCCCCCCCCCC/C=C\CCCCCCCC)COP(=O)([O-])OCC[N+](C)(C)C. The molecular weight excluding hydrogens is 750 g/mol. The first kappa shape index (κ1) is 55.7. The van der Waals surface area contributed by atoms with Crippen molar-refractivity contribution in [1.82, 2.24) is 0 Å². The van der Waals surface area contributed by atoms with E-state index in [1.165, 1.54) is 83.5 Å². The lowest BCUT2D eigenvalue weighted by molar-refractivity contribution is -0.870. The molecule has 10 heteroatoms. The van der Waals surface area contributed by atoms with E-state index in [2.05, 4.69) is 74.6 Å². The van der Waals surface area contributed by atoms with E-state index >= 15 is 0 Å². The van der Waals surface area contributed by atoms with Gasteiger partial charge in [0.15, 0.2) is 6.10 Å². The number of nitrogens with zero attached hydrogens (tertiary/aromatic N) is 1. The number of esters is 2. The first-order valence-electron chi connectivity index (χ1n) is 23.0. The maximum atomic E-state index is 12.7. The Bertz CT molecular complexity index is 1170. The monoisotopic (exact) mass is 836 g/mol. The summed E-state index contributed by atoms with van der Waals surface area (Å²) in [5.74, 6) is -0.887. The van der Waals surface area contributed by atoms with Gasteiger partial charge in [-0.05, 0) is 77.0 Å². The fourth-order valence-electron chi connectivity index (χ4n) is 5.93. The number of hydrogen-bond acceptors (Lipinski definition) is 8. The van der Waals surface area contributed by atoms with Crippen LogP contribution in [0.15, 0.2) is 60.8 Å². The molecule has 0 aromatic carbocycles. The number of unbranched alkanes of at least 4 members (excludes halogenated alkanes) is 17. The van der Waals surface area contributed by atoms with Gasteiger partial charge in [0.05, 0.1) is 27.7 Å². The Morgan fingerprint density at radius 3 is 1.52 bits per heavy atom. The van der Waals surface area contributed by atoms with E-state index < -0.39 is 32.5 Å². The average Bonchev–Trinajstić information content (AvgIpc) is 3.17. The van der Waals surface area contributed by atoms with E-state index in [0.717, 1.165) is 64.2 Å². The number of quaternary nitrogens is 1. The summed E-state index contributed by atoms with van der Waals surface area (Å²) in [7, 11) is 1.13. The zero-order valence-electron chi connectivity index (χ0n) is 37.7. The Hall–Kier alpha value is -2.29. The average molecular weight is 836 g/mol. The topological polar surface area (TPSA) is 111 Å². The molecule has 0 aliphatic rings. The summed E-state index contributed by atoms with van der Waals surface area (Å²) >= 11 is 0. The van der Waals surface area contributed by atoms with Crippen molar-refractivity contribution in [2.45, 2.75) is 187 Å². The lowest BCUT2D eigenvalue weighted by atomic mass is 10.1. The Kier molecular flexibility index (Phi) is 38.5. The van der Waals surface area contributed by atoms with Gasteiger partial charge < -0.3 is 27.9 Å². The van der Waals surface area contributed by atoms with Crippen molar-refractivity contribution in [3.8, 4) is 0 Å². The molecular formula is C48H86NO8P. The zero-order chi connectivity index (χ0) is 42.8. The van der Waals surface area contributed by atoms with Crippen LogP contribution < -0.4 is 4.89 Å². The lowest BCUT2D eigenvalue weighted by Gasteiger charge is -2.28. The number of hydrogen-bond donors (Lipinski definition) is 0. The summed E-state index contributed by atoms with van der Waals surface area (Å²) in [5.41, 5.74) is 0.